The van der Waals surface area contributed by atoms with E-state index in [4.69, 9.17) is 4.98 Å². The van der Waals surface area contributed by atoms with E-state index < -0.39 is 0 Å². The van der Waals surface area contributed by atoms with E-state index in [0.29, 0.717) is 5.92 Å². The Bertz CT molecular complexity index is 1090. The maximum Gasteiger partial charge on any atom is 0.135 e. The molecule has 0 amide bonds. The van der Waals surface area contributed by atoms with E-state index in [-0.39, 0.29) is 5.75 Å². The Balaban J connectivity index is 1.57. The van der Waals surface area contributed by atoms with Gasteiger partial charge >= 0.3 is 0 Å². The Morgan fingerprint density at radius 2 is 2.04 bits per heavy atom. The van der Waals surface area contributed by atoms with Gasteiger partial charge in [0.1, 0.15) is 15.6 Å². The lowest BCUT2D eigenvalue weighted by molar-refractivity contribution is 0.465. The van der Waals surface area contributed by atoms with Crippen molar-refractivity contribution in [3.8, 4) is 16.3 Å². The van der Waals surface area contributed by atoms with Gasteiger partial charge in [0.05, 0.1) is 15.8 Å². The van der Waals surface area contributed by atoms with Crippen molar-refractivity contribution in [1.82, 2.24) is 20.1 Å². The normalized spacial score (nSPS) is 16.1. The van der Waals surface area contributed by atoms with Crippen LogP contribution >= 0.6 is 22.7 Å². The molecule has 1 aliphatic rings. The van der Waals surface area contributed by atoms with Crippen LogP contribution in [0.4, 0.5) is 0 Å². The van der Waals surface area contributed by atoms with E-state index >= 15 is 0 Å². The van der Waals surface area contributed by atoms with Crippen LogP contribution < -0.4 is 5.32 Å². The molecule has 0 unspecified atom stereocenters. The van der Waals surface area contributed by atoms with Crippen molar-refractivity contribution < 1.29 is 5.11 Å². The van der Waals surface area contributed by atoms with Crippen LogP contribution in [0.1, 0.15) is 29.2 Å². The van der Waals surface area contributed by atoms with Gasteiger partial charge in [-0.15, -0.1) is 22.7 Å². The largest absolute Gasteiger partial charge is 0.507 e. The third-order valence-electron chi connectivity index (χ3n) is 5.20. The van der Waals surface area contributed by atoms with Crippen molar-refractivity contribution >= 4 is 43.1 Å². The summed E-state index contributed by atoms with van der Waals surface area (Å²) < 4.78 is 3.01. The first kappa shape index (κ1) is 16.2. The van der Waals surface area contributed by atoms with Gasteiger partial charge in [-0.2, -0.15) is 5.10 Å². The van der Waals surface area contributed by atoms with Gasteiger partial charge in [0.2, 0.25) is 0 Å². The SMILES string of the molecule is Cc1c(O)c(-c2nc3sc(C4CCNCC4)cc3s2)cc2cn(C)nc12. The van der Waals surface area contributed by atoms with E-state index in [0.717, 1.165) is 45.0 Å². The van der Waals surface area contributed by atoms with E-state index in [1.54, 1.807) is 16.0 Å². The van der Waals surface area contributed by atoms with E-state index in [2.05, 4.69) is 16.5 Å². The highest BCUT2D eigenvalue weighted by Gasteiger charge is 2.21. The smallest absolute Gasteiger partial charge is 0.135 e. The van der Waals surface area contributed by atoms with Crippen LogP contribution in [0.2, 0.25) is 0 Å². The number of piperidine rings is 1. The number of nitrogens with zero attached hydrogens (tertiary/aromatic N) is 3. The number of thiazole rings is 1. The molecule has 0 atom stereocenters. The zero-order chi connectivity index (χ0) is 17.8. The van der Waals surface area contributed by atoms with Gasteiger partial charge in [0.25, 0.3) is 0 Å². The van der Waals surface area contributed by atoms with Gasteiger partial charge in [0, 0.05) is 29.1 Å². The second-order valence-electron chi connectivity index (χ2n) is 7.00. The molecule has 1 saturated heterocycles. The highest BCUT2D eigenvalue weighted by Crippen LogP contribution is 2.43. The maximum atomic E-state index is 10.7. The predicted octanol–water partition coefficient (Wildman–Crippen LogP) is 4.39. The number of nitrogens with one attached hydrogen (secondary N) is 1. The summed E-state index contributed by atoms with van der Waals surface area (Å²) in [6.07, 6.45) is 4.40. The number of rotatable bonds is 2. The predicted molar refractivity (Wildman–Crippen MR) is 108 cm³/mol. The molecule has 0 aliphatic carbocycles. The molecule has 1 aliphatic heterocycles. The minimum Gasteiger partial charge on any atom is -0.507 e. The topological polar surface area (TPSA) is 63.0 Å². The van der Waals surface area contributed by atoms with Crippen LogP contribution in [-0.2, 0) is 7.05 Å². The molecule has 1 fully saturated rings. The molecule has 0 bridgehead atoms. The molecule has 26 heavy (non-hydrogen) atoms. The number of phenolic OH excluding ortho intramolecular Hbond substituents is 1. The van der Waals surface area contributed by atoms with Crippen molar-refractivity contribution in [3.05, 3.63) is 28.8 Å². The second kappa shape index (κ2) is 6.04. The van der Waals surface area contributed by atoms with Crippen LogP contribution in [0, 0.1) is 6.92 Å². The van der Waals surface area contributed by atoms with Gasteiger partial charge in [0.15, 0.2) is 0 Å². The first-order valence-corrected chi connectivity index (χ1v) is 10.5. The van der Waals surface area contributed by atoms with Crippen LogP contribution in [0.3, 0.4) is 0 Å². The van der Waals surface area contributed by atoms with Crippen molar-refractivity contribution in [2.75, 3.05) is 13.1 Å². The van der Waals surface area contributed by atoms with Crippen LogP contribution in [0.5, 0.6) is 5.75 Å². The summed E-state index contributed by atoms with van der Waals surface area (Å²) in [4.78, 5) is 7.39. The number of aromatic hydroxyl groups is 1. The number of hydrogen-bond donors (Lipinski definition) is 2. The van der Waals surface area contributed by atoms with Crippen LogP contribution in [-0.4, -0.2) is 33.0 Å². The average molecular weight is 385 g/mol. The number of hydrogen-bond acceptors (Lipinski definition) is 6. The minimum atomic E-state index is 0.288. The standard InChI is InChI=1S/C19H20N4OS2/c1-10-16-12(9-23(2)22-16)7-13(17(10)24)18-21-19-15(26-18)8-14(25-19)11-3-5-20-6-4-11/h7-9,11,20,24H,3-6H2,1-2H3. The number of benzene rings is 1. The molecule has 4 heterocycles. The Morgan fingerprint density at radius 3 is 2.81 bits per heavy atom. The Morgan fingerprint density at radius 1 is 1.23 bits per heavy atom. The number of aromatic nitrogens is 3. The van der Waals surface area contributed by atoms with Crippen molar-refractivity contribution in [2.45, 2.75) is 25.7 Å². The maximum absolute atomic E-state index is 10.7. The zero-order valence-electron chi connectivity index (χ0n) is 14.7. The molecular weight excluding hydrogens is 364 g/mol. The quantitative estimate of drug-likeness (QED) is 0.538. The molecule has 5 rings (SSSR count). The summed E-state index contributed by atoms with van der Waals surface area (Å²) in [6, 6.07) is 4.31. The number of phenols is 1. The van der Waals surface area contributed by atoms with E-state index in [9.17, 15) is 5.11 Å². The number of aryl methyl sites for hydroxylation is 2. The lowest BCUT2D eigenvalue weighted by Crippen LogP contribution is -2.26. The van der Waals surface area contributed by atoms with Crippen LogP contribution in [0.25, 0.3) is 31.0 Å². The Hall–Kier alpha value is -1.96. The Labute approximate surface area is 159 Å². The summed E-state index contributed by atoms with van der Waals surface area (Å²) in [5, 5.41) is 20.5. The molecule has 0 radical (unpaired) electrons. The highest BCUT2D eigenvalue weighted by molar-refractivity contribution is 7.28. The zero-order valence-corrected chi connectivity index (χ0v) is 16.4. The summed E-state index contributed by atoms with van der Waals surface area (Å²) in [6.45, 7) is 4.12. The highest BCUT2D eigenvalue weighted by atomic mass is 32.1. The fourth-order valence-electron chi connectivity index (χ4n) is 3.78. The molecule has 0 spiro atoms. The molecule has 134 valence electrons. The molecule has 1 aromatic carbocycles. The first-order chi connectivity index (χ1) is 12.6. The molecule has 5 nitrogen and oxygen atoms in total. The van der Waals surface area contributed by atoms with Crippen molar-refractivity contribution in [1.29, 1.82) is 0 Å². The lowest BCUT2D eigenvalue weighted by atomic mass is 9.97. The van der Waals surface area contributed by atoms with Gasteiger partial charge in [-0.25, -0.2) is 4.98 Å². The molecule has 2 N–H and O–H groups in total. The molecule has 3 aromatic heterocycles. The molecule has 4 aromatic rings. The monoisotopic (exact) mass is 384 g/mol. The van der Waals surface area contributed by atoms with Crippen molar-refractivity contribution in [3.63, 3.8) is 0 Å². The number of fused-ring (bicyclic) bond motifs is 2. The molecule has 7 heteroatoms. The van der Waals surface area contributed by atoms with E-state index in [1.165, 1.54) is 22.4 Å². The van der Waals surface area contributed by atoms with Gasteiger partial charge in [-0.1, -0.05) is 0 Å². The fourth-order valence-corrected chi connectivity index (χ4v) is 6.19. The Kier molecular flexibility index (Phi) is 3.77. The van der Waals surface area contributed by atoms with Crippen LogP contribution in [0.15, 0.2) is 18.3 Å². The van der Waals surface area contributed by atoms with Gasteiger partial charge in [-0.3, -0.25) is 4.68 Å². The lowest BCUT2D eigenvalue weighted by Gasteiger charge is -2.21. The first-order valence-electron chi connectivity index (χ1n) is 8.87. The summed E-state index contributed by atoms with van der Waals surface area (Å²) in [5.74, 6) is 0.949. The molecular formula is C19H20N4OS2. The summed E-state index contributed by atoms with van der Waals surface area (Å²) >= 11 is 3.48. The van der Waals surface area contributed by atoms with Gasteiger partial charge < -0.3 is 10.4 Å². The number of thiophene rings is 1. The van der Waals surface area contributed by atoms with Gasteiger partial charge in [-0.05, 0) is 50.9 Å². The fraction of sp³-hybridized carbons (Fsp3) is 0.368. The third-order valence-corrected chi connectivity index (χ3v) is 7.56. The third kappa shape index (κ3) is 2.53. The van der Waals surface area contributed by atoms with Crippen molar-refractivity contribution in [2.24, 2.45) is 7.05 Å². The molecule has 0 saturated carbocycles. The van der Waals surface area contributed by atoms with E-state index in [1.807, 2.05) is 37.6 Å². The average Bonchev–Trinajstić information content (AvgIpc) is 3.31. The summed E-state index contributed by atoms with van der Waals surface area (Å²) in [5.41, 5.74) is 2.46. The second-order valence-corrected chi connectivity index (χ2v) is 9.09. The summed E-state index contributed by atoms with van der Waals surface area (Å²) in [7, 11) is 1.90. The minimum absolute atomic E-state index is 0.288.